The number of halogens is 1. The standard InChI is InChI=1S/C14H15BrN2O2/c1-14(2,3)19-13(18)17-11-8-16-7-9-5-4-6-10(15)12(9)11/h4-8H,1-3H3,(H,17,18). The third kappa shape index (κ3) is 3.44. The van der Waals surface area contributed by atoms with Gasteiger partial charge in [0.2, 0.25) is 0 Å². The van der Waals surface area contributed by atoms with Gasteiger partial charge in [0.25, 0.3) is 0 Å². The number of benzene rings is 1. The summed E-state index contributed by atoms with van der Waals surface area (Å²) in [6.07, 6.45) is 2.87. The van der Waals surface area contributed by atoms with Crippen LogP contribution < -0.4 is 5.32 Å². The van der Waals surface area contributed by atoms with Gasteiger partial charge in [-0.15, -0.1) is 0 Å². The average Bonchev–Trinajstić information content (AvgIpc) is 2.26. The SMILES string of the molecule is CC(C)(C)OC(=O)Nc1cncc2cccc(Br)c12. The number of carbonyl (C=O) groups excluding carboxylic acids is 1. The molecule has 100 valence electrons. The molecule has 1 N–H and O–H groups in total. The van der Waals surface area contributed by atoms with Crippen molar-refractivity contribution in [1.29, 1.82) is 0 Å². The highest BCUT2D eigenvalue weighted by molar-refractivity contribution is 9.10. The maximum Gasteiger partial charge on any atom is 0.412 e. The number of ether oxygens (including phenoxy) is 1. The molecule has 0 aliphatic rings. The van der Waals surface area contributed by atoms with Crippen molar-refractivity contribution in [2.45, 2.75) is 26.4 Å². The van der Waals surface area contributed by atoms with E-state index in [9.17, 15) is 4.79 Å². The van der Waals surface area contributed by atoms with Crippen LogP contribution in [0.25, 0.3) is 10.8 Å². The van der Waals surface area contributed by atoms with Crippen LogP contribution in [0, 0.1) is 0 Å². The molecular formula is C14H15BrN2O2. The molecule has 1 heterocycles. The first kappa shape index (κ1) is 13.8. The normalized spacial score (nSPS) is 11.4. The first-order valence-corrected chi connectivity index (χ1v) is 6.68. The Hall–Kier alpha value is -1.62. The van der Waals surface area contributed by atoms with Gasteiger partial charge in [0.05, 0.1) is 11.9 Å². The largest absolute Gasteiger partial charge is 0.444 e. The van der Waals surface area contributed by atoms with Crippen LogP contribution in [0.5, 0.6) is 0 Å². The maximum atomic E-state index is 11.8. The Morgan fingerprint density at radius 1 is 1.32 bits per heavy atom. The number of fused-ring (bicyclic) bond motifs is 1. The fourth-order valence-electron chi connectivity index (χ4n) is 1.70. The summed E-state index contributed by atoms with van der Waals surface area (Å²) in [5.41, 5.74) is 0.0958. The van der Waals surface area contributed by atoms with Gasteiger partial charge in [-0.3, -0.25) is 10.3 Å². The number of nitrogens with one attached hydrogen (secondary N) is 1. The number of aromatic nitrogens is 1. The van der Waals surface area contributed by atoms with Crippen LogP contribution in [-0.4, -0.2) is 16.7 Å². The van der Waals surface area contributed by atoms with E-state index in [0.717, 1.165) is 15.2 Å². The maximum absolute atomic E-state index is 11.8. The minimum Gasteiger partial charge on any atom is -0.444 e. The molecule has 1 amide bonds. The highest BCUT2D eigenvalue weighted by Gasteiger charge is 2.17. The number of hydrogen-bond acceptors (Lipinski definition) is 3. The van der Waals surface area contributed by atoms with Gasteiger partial charge < -0.3 is 4.74 Å². The van der Waals surface area contributed by atoms with Crippen molar-refractivity contribution in [2.75, 3.05) is 5.32 Å². The molecule has 0 spiro atoms. The zero-order valence-corrected chi connectivity index (χ0v) is 12.6. The minimum absolute atomic E-state index is 0.488. The van der Waals surface area contributed by atoms with E-state index in [4.69, 9.17) is 4.74 Å². The number of amides is 1. The number of rotatable bonds is 1. The molecule has 1 aromatic carbocycles. The smallest absolute Gasteiger partial charge is 0.412 e. The van der Waals surface area contributed by atoms with E-state index in [1.165, 1.54) is 0 Å². The summed E-state index contributed by atoms with van der Waals surface area (Å²) in [6, 6.07) is 5.78. The lowest BCUT2D eigenvalue weighted by Crippen LogP contribution is -2.27. The van der Waals surface area contributed by atoms with Crippen LogP contribution in [-0.2, 0) is 4.74 Å². The molecule has 4 nitrogen and oxygen atoms in total. The number of hydrogen-bond donors (Lipinski definition) is 1. The van der Waals surface area contributed by atoms with Crippen LogP contribution in [0.3, 0.4) is 0 Å². The van der Waals surface area contributed by atoms with Crippen LogP contribution in [0.2, 0.25) is 0 Å². The van der Waals surface area contributed by atoms with Crippen molar-refractivity contribution >= 4 is 38.5 Å². The molecule has 0 radical (unpaired) electrons. The summed E-state index contributed by atoms with van der Waals surface area (Å²) in [5, 5.41) is 4.58. The van der Waals surface area contributed by atoms with Crippen LogP contribution in [0.4, 0.5) is 10.5 Å². The molecule has 2 rings (SSSR count). The molecule has 0 aliphatic heterocycles. The van der Waals surface area contributed by atoms with Crippen LogP contribution >= 0.6 is 15.9 Å². The molecule has 0 atom stereocenters. The predicted molar refractivity (Wildman–Crippen MR) is 79.3 cm³/mol. The molecule has 0 bridgehead atoms. The van der Waals surface area contributed by atoms with Gasteiger partial charge in [0, 0.05) is 21.4 Å². The van der Waals surface area contributed by atoms with Gasteiger partial charge in [-0.1, -0.05) is 28.1 Å². The molecule has 0 fully saturated rings. The topological polar surface area (TPSA) is 51.2 Å². The van der Waals surface area contributed by atoms with Gasteiger partial charge >= 0.3 is 6.09 Å². The number of anilines is 1. The van der Waals surface area contributed by atoms with E-state index in [1.54, 1.807) is 12.4 Å². The van der Waals surface area contributed by atoms with E-state index in [1.807, 2.05) is 39.0 Å². The van der Waals surface area contributed by atoms with Gasteiger partial charge in [-0.05, 0) is 26.8 Å². The summed E-state index contributed by atoms with van der Waals surface area (Å²) >= 11 is 3.48. The summed E-state index contributed by atoms with van der Waals surface area (Å²) < 4.78 is 6.14. The Morgan fingerprint density at radius 3 is 2.74 bits per heavy atom. The van der Waals surface area contributed by atoms with Crippen LogP contribution in [0.15, 0.2) is 35.1 Å². The molecule has 19 heavy (non-hydrogen) atoms. The van der Waals surface area contributed by atoms with E-state index >= 15 is 0 Å². The first-order chi connectivity index (χ1) is 8.87. The van der Waals surface area contributed by atoms with Gasteiger partial charge in [-0.2, -0.15) is 0 Å². The Kier molecular flexibility index (Phi) is 3.75. The highest BCUT2D eigenvalue weighted by Crippen LogP contribution is 2.29. The molecule has 0 unspecified atom stereocenters. The van der Waals surface area contributed by atoms with Gasteiger partial charge in [0.15, 0.2) is 0 Å². The molecule has 2 aromatic rings. The lowest BCUT2D eigenvalue weighted by atomic mass is 10.1. The summed E-state index contributed by atoms with van der Waals surface area (Å²) in [6.45, 7) is 5.47. The van der Waals surface area contributed by atoms with Crippen molar-refractivity contribution in [3.8, 4) is 0 Å². The highest BCUT2D eigenvalue weighted by atomic mass is 79.9. The summed E-state index contributed by atoms with van der Waals surface area (Å²) in [4.78, 5) is 15.9. The molecule has 1 aromatic heterocycles. The molecule has 0 aliphatic carbocycles. The van der Waals surface area contributed by atoms with E-state index < -0.39 is 11.7 Å². The lowest BCUT2D eigenvalue weighted by Gasteiger charge is -2.20. The monoisotopic (exact) mass is 322 g/mol. The second-order valence-corrected chi connectivity index (χ2v) is 6.01. The Balaban J connectivity index is 2.33. The fourth-order valence-corrected chi connectivity index (χ4v) is 2.29. The molecule has 5 heteroatoms. The fraction of sp³-hybridized carbons (Fsp3) is 0.286. The summed E-state index contributed by atoms with van der Waals surface area (Å²) in [5.74, 6) is 0. The minimum atomic E-state index is -0.528. The van der Waals surface area contributed by atoms with Crippen molar-refractivity contribution < 1.29 is 9.53 Å². The Morgan fingerprint density at radius 2 is 2.05 bits per heavy atom. The van der Waals surface area contributed by atoms with Crippen molar-refractivity contribution in [2.24, 2.45) is 0 Å². The van der Waals surface area contributed by atoms with E-state index in [-0.39, 0.29) is 0 Å². The molecular weight excluding hydrogens is 308 g/mol. The Labute approximate surface area is 120 Å². The Bertz CT molecular complexity index is 615. The van der Waals surface area contributed by atoms with Crippen molar-refractivity contribution in [3.05, 3.63) is 35.1 Å². The average molecular weight is 323 g/mol. The van der Waals surface area contributed by atoms with Crippen molar-refractivity contribution in [3.63, 3.8) is 0 Å². The zero-order chi connectivity index (χ0) is 14.0. The lowest BCUT2D eigenvalue weighted by molar-refractivity contribution is 0.0636. The van der Waals surface area contributed by atoms with E-state index in [0.29, 0.717) is 5.69 Å². The van der Waals surface area contributed by atoms with E-state index in [2.05, 4.69) is 26.2 Å². The number of pyridine rings is 1. The zero-order valence-electron chi connectivity index (χ0n) is 11.0. The van der Waals surface area contributed by atoms with Gasteiger partial charge in [-0.25, -0.2) is 4.79 Å². The van der Waals surface area contributed by atoms with Gasteiger partial charge in [0.1, 0.15) is 5.60 Å². The predicted octanol–water partition coefficient (Wildman–Crippen LogP) is 4.34. The third-order valence-electron chi connectivity index (χ3n) is 2.37. The number of nitrogens with zero attached hydrogens (tertiary/aromatic N) is 1. The van der Waals surface area contributed by atoms with Crippen LogP contribution in [0.1, 0.15) is 20.8 Å². The quantitative estimate of drug-likeness (QED) is 0.849. The summed E-state index contributed by atoms with van der Waals surface area (Å²) in [7, 11) is 0. The molecule has 0 saturated carbocycles. The molecule has 0 saturated heterocycles. The second kappa shape index (κ2) is 5.17. The second-order valence-electron chi connectivity index (χ2n) is 5.15. The van der Waals surface area contributed by atoms with Crippen molar-refractivity contribution in [1.82, 2.24) is 4.98 Å². The number of carbonyl (C=O) groups is 1. The third-order valence-corrected chi connectivity index (χ3v) is 3.03. The first-order valence-electron chi connectivity index (χ1n) is 5.89.